The molecule has 5 nitrogen and oxygen atoms in total. The van der Waals surface area contributed by atoms with Crippen LogP contribution in [0.5, 0.6) is 11.5 Å². The summed E-state index contributed by atoms with van der Waals surface area (Å²) >= 11 is 0. The zero-order chi connectivity index (χ0) is 18.4. The lowest BCUT2D eigenvalue weighted by molar-refractivity contribution is 0.414. The van der Waals surface area contributed by atoms with E-state index in [1.807, 2.05) is 49.5 Å². The van der Waals surface area contributed by atoms with Crippen molar-refractivity contribution in [2.24, 2.45) is 0 Å². The molecular formula is C21H23N3O2. The monoisotopic (exact) mass is 349 g/mol. The highest BCUT2D eigenvalue weighted by molar-refractivity contribution is 5.59. The van der Waals surface area contributed by atoms with Crippen LogP contribution in [0.25, 0.3) is 11.4 Å². The van der Waals surface area contributed by atoms with Gasteiger partial charge in [0.1, 0.15) is 17.3 Å². The first-order valence-electron chi connectivity index (χ1n) is 8.54. The van der Waals surface area contributed by atoms with E-state index in [2.05, 4.69) is 27.4 Å². The molecule has 0 aliphatic heterocycles. The Bertz CT molecular complexity index is 846. The Morgan fingerprint density at radius 3 is 2.12 bits per heavy atom. The summed E-state index contributed by atoms with van der Waals surface area (Å²) in [5.41, 5.74) is 3.24. The van der Waals surface area contributed by atoms with Crippen LogP contribution in [0.2, 0.25) is 0 Å². The van der Waals surface area contributed by atoms with Crippen molar-refractivity contribution in [3.63, 3.8) is 0 Å². The van der Waals surface area contributed by atoms with Gasteiger partial charge >= 0.3 is 0 Å². The van der Waals surface area contributed by atoms with Crippen LogP contribution in [-0.4, -0.2) is 30.7 Å². The summed E-state index contributed by atoms with van der Waals surface area (Å²) in [5, 5.41) is 3.42. The van der Waals surface area contributed by atoms with Gasteiger partial charge in [-0.1, -0.05) is 12.1 Å². The number of nitrogens with one attached hydrogen (secondary N) is 1. The van der Waals surface area contributed by atoms with Crippen LogP contribution >= 0.6 is 0 Å². The summed E-state index contributed by atoms with van der Waals surface area (Å²) in [6.45, 7) is 2.81. The Morgan fingerprint density at radius 1 is 0.885 bits per heavy atom. The van der Waals surface area contributed by atoms with Gasteiger partial charge in [0, 0.05) is 23.9 Å². The molecule has 0 radical (unpaired) electrons. The van der Waals surface area contributed by atoms with Crippen LogP contribution in [-0.2, 0) is 6.42 Å². The molecule has 1 N–H and O–H groups in total. The van der Waals surface area contributed by atoms with Crippen molar-refractivity contribution in [1.29, 1.82) is 0 Å². The summed E-state index contributed by atoms with van der Waals surface area (Å²) in [4.78, 5) is 9.12. The quantitative estimate of drug-likeness (QED) is 0.695. The molecule has 3 aromatic rings. The summed E-state index contributed by atoms with van der Waals surface area (Å²) in [6, 6.07) is 15.9. The molecule has 0 aliphatic carbocycles. The number of ether oxygens (including phenoxy) is 2. The molecule has 0 unspecified atom stereocenters. The molecule has 0 aliphatic rings. The fraction of sp³-hybridized carbons (Fsp3) is 0.238. The van der Waals surface area contributed by atoms with E-state index >= 15 is 0 Å². The molecule has 0 saturated carbocycles. The maximum absolute atomic E-state index is 5.20. The molecule has 1 aromatic heterocycles. The van der Waals surface area contributed by atoms with Crippen LogP contribution in [0.4, 0.5) is 5.82 Å². The van der Waals surface area contributed by atoms with Crippen LogP contribution in [0, 0.1) is 6.92 Å². The fourth-order valence-corrected chi connectivity index (χ4v) is 2.62. The minimum atomic E-state index is 0.699. The largest absolute Gasteiger partial charge is 0.497 e. The number of methoxy groups -OCH3 is 2. The molecule has 2 aromatic carbocycles. The summed E-state index contributed by atoms with van der Waals surface area (Å²) < 4.78 is 10.4. The zero-order valence-electron chi connectivity index (χ0n) is 15.3. The van der Waals surface area contributed by atoms with Gasteiger partial charge < -0.3 is 14.8 Å². The summed E-state index contributed by atoms with van der Waals surface area (Å²) in [6.07, 6.45) is 2.76. The summed E-state index contributed by atoms with van der Waals surface area (Å²) in [5.74, 6) is 3.25. The molecule has 134 valence electrons. The highest BCUT2D eigenvalue weighted by Crippen LogP contribution is 2.21. The minimum Gasteiger partial charge on any atom is -0.497 e. The third-order valence-corrected chi connectivity index (χ3v) is 4.19. The van der Waals surface area contributed by atoms with E-state index in [1.165, 1.54) is 5.56 Å². The number of nitrogens with zero attached hydrogens (tertiary/aromatic N) is 2. The molecule has 1 heterocycles. The molecule has 0 atom stereocenters. The maximum Gasteiger partial charge on any atom is 0.161 e. The highest BCUT2D eigenvalue weighted by atomic mass is 16.5. The van der Waals surface area contributed by atoms with Crippen molar-refractivity contribution in [2.75, 3.05) is 26.1 Å². The molecule has 0 spiro atoms. The second-order valence-corrected chi connectivity index (χ2v) is 5.98. The minimum absolute atomic E-state index is 0.699. The van der Waals surface area contributed by atoms with Gasteiger partial charge in [-0.05, 0) is 55.3 Å². The first-order chi connectivity index (χ1) is 12.7. The topological polar surface area (TPSA) is 56.3 Å². The van der Waals surface area contributed by atoms with Crippen LogP contribution in [0.15, 0.2) is 54.7 Å². The van der Waals surface area contributed by atoms with Gasteiger partial charge in [-0.15, -0.1) is 0 Å². The normalized spacial score (nSPS) is 10.4. The van der Waals surface area contributed by atoms with Gasteiger partial charge in [0.15, 0.2) is 5.82 Å². The Morgan fingerprint density at radius 2 is 1.50 bits per heavy atom. The van der Waals surface area contributed by atoms with Gasteiger partial charge in [0.25, 0.3) is 0 Å². The first-order valence-corrected chi connectivity index (χ1v) is 8.54. The van der Waals surface area contributed by atoms with Gasteiger partial charge in [0.05, 0.1) is 14.2 Å². The van der Waals surface area contributed by atoms with Gasteiger partial charge in [0.2, 0.25) is 0 Å². The van der Waals surface area contributed by atoms with Gasteiger partial charge in [-0.25, -0.2) is 9.97 Å². The zero-order valence-corrected chi connectivity index (χ0v) is 15.3. The smallest absolute Gasteiger partial charge is 0.161 e. The van der Waals surface area contributed by atoms with E-state index in [4.69, 9.17) is 9.47 Å². The Hall–Kier alpha value is -3.08. The van der Waals surface area contributed by atoms with Crippen LogP contribution < -0.4 is 14.8 Å². The molecule has 0 bridgehead atoms. The molecule has 3 rings (SSSR count). The first kappa shape index (κ1) is 17.7. The van der Waals surface area contributed by atoms with E-state index in [9.17, 15) is 0 Å². The predicted octanol–water partition coefficient (Wildman–Crippen LogP) is 4.12. The second kappa shape index (κ2) is 8.34. The fourth-order valence-electron chi connectivity index (χ4n) is 2.62. The molecule has 0 fully saturated rings. The third-order valence-electron chi connectivity index (χ3n) is 4.19. The van der Waals surface area contributed by atoms with E-state index < -0.39 is 0 Å². The van der Waals surface area contributed by atoms with Crippen molar-refractivity contribution in [1.82, 2.24) is 9.97 Å². The highest BCUT2D eigenvalue weighted by Gasteiger charge is 2.06. The third kappa shape index (κ3) is 4.30. The van der Waals surface area contributed by atoms with Crippen LogP contribution in [0.1, 0.15) is 11.1 Å². The molecule has 0 saturated heterocycles. The lowest BCUT2D eigenvalue weighted by atomic mass is 10.1. The lowest BCUT2D eigenvalue weighted by Crippen LogP contribution is -2.08. The number of aromatic nitrogens is 2. The Labute approximate surface area is 154 Å². The standard InChI is InChI=1S/C21H23N3O2/c1-15-14-23-21(17-6-10-19(26-3)11-7-17)24-20(15)22-13-12-16-4-8-18(25-2)9-5-16/h4-11,14H,12-13H2,1-3H3,(H,22,23,24). The van der Waals surface area contributed by atoms with Crippen molar-refractivity contribution in [2.45, 2.75) is 13.3 Å². The Kier molecular flexibility index (Phi) is 5.69. The van der Waals surface area contributed by atoms with Crippen LogP contribution in [0.3, 0.4) is 0 Å². The molecule has 0 amide bonds. The molecular weight excluding hydrogens is 326 g/mol. The SMILES string of the molecule is COc1ccc(CCNc2nc(-c3ccc(OC)cc3)ncc2C)cc1. The van der Waals surface area contributed by atoms with Crippen molar-refractivity contribution < 1.29 is 9.47 Å². The second-order valence-electron chi connectivity index (χ2n) is 5.98. The lowest BCUT2D eigenvalue weighted by Gasteiger charge is -2.10. The average molecular weight is 349 g/mol. The molecule has 5 heteroatoms. The Balaban J connectivity index is 1.66. The van der Waals surface area contributed by atoms with Crippen molar-refractivity contribution in [3.8, 4) is 22.9 Å². The van der Waals surface area contributed by atoms with Crippen molar-refractivity contribution in [3.05, 3.63) is 65.9 Å². The molecule has 26 heavy (non-hydrogen) atoms. The van der Waals surface area contributed by atoms with E-state index in [-0.39, 0.29) is 0 Å². The summed E-state index contributed by atoms with van der Waals surface area (Å²) in [7, 11) is 3.33. The van der Waals surface area contributed by atoms with Gasteiger partial charge in [-0.2, -0.15) is 0 Å². The van der Waals surface area contributed by atoms with E-state index in [1.54, 1.807) is 14.2 Å². The number of hydrogen-bond acceptors (Lipinski definition) is 5. The average Bonchev–Trinajstić information content (AvgIpc) is 2.70. The van der Waals surface area contributed by atoms with Gasteiger partial charge in [-0.3, -0.25) is 0 Å². The van der Waals surface area contributed by atoms with Crippen molar-refractivity contribution >= 4 is 5.82 Å². The number of aryl methyl sites for hydroxylation is 1. The number of rotatable bonds is 7. The predicted molar refractivity (Wildman–Crippen MR) is 104 cm³/mol. The number of hydrogen-bond donors (Lipinski definition) is 1. The van der Waals surface area contributed by atoms with E-state index in [0.717, 1.165) is 41.4 Å². The number of benzene rings is 2. The van der Waals surface area contributed by atoms with E-state index in [0.29, 0.717) is 5.82 Å². The maximum atomic E-state index is 5.20. The number of anilines is 1.